The quantitative estimate of drug-likeness (QED) is 0.167. The number of ether oxygens (including phenoxy) is 2. The van der Waals surface area contributed by atoms with Gasteiger partial charge in [-0.25, -0.2) is 9.59 Å². The van der Waals surface area contributed by atoms with Crippen molar-refractivity contribution in [1.82, 2.24) is 4.90 Å². The number of carbonyl (C=O) groups is 2. The number of nitrogens with zero attached hydrogens (tertiary/aromatic N) is 1. The fourth-order valence-electron chi connectivity index (χ4n) is 4.22. The second-order valence-electron chi connectivity index (χ2n) is 10.1. The van der Waals surface area contributed by atoms with Gasteiger partial charge in [-0.05, 0) is 66.0 Å². The second kappa shape index (κ2) is 17.4. The Morgan fingerprint density at radius 2 is 1.63 bits per heavy atom. The Morgan fingerprint density at radius 3 is 2.27 bits per heavy atom. The van der Waals surface area contributed by atoms with Crippen LogP contribution in [0.5, 0.6) is 5.75 Å². The van der Waals surface area contributed by atoms with Gasteiger partial charge in [-0.2, -0.15) is 11.8 Å². The second-order valence-corrected chi connectivity index (χ2v) is 11.2. The van der Waals surface area contributed by atoms with Gasteiger partial charge in [0.15, 0.2) is 6.10 Å². The summed E-state index contributed by atoms with van der Waals surface area (Å²) < 4.78 is 11.2. The molecule has 0 aliphatic heterocycles. The number of anilines is 1. The maximum Gasteiger partial charge on any atom is 0.333 e. The molecule has 220 valence electrons. The summed E-state index contributed by atoms with van der Waals surface area (Å²) in [5, 5.41) is 12.3. The molecule has 3 rings (SSSR count). The third kappa shape index (κ3) is 11.5. The summed E-state index contributed by atoms with van der Waals surface area (Å²) in [6.07, 6.45) is 0.292. The van der Waals surface area contributed by atoms with Crippen LogP contribution in [0.3, 0.4) is 0 Å². The van der Waals surface area contributed by atoms with Gasteiger partial charge in [0.25, 0.3) is 0 Å². The monoisotopic (exact) mass is 578 g/mol. The van der Waals surface area contributed by atoms with E-state index >= 15 is 0 Å². The first-order valence-corrected chi connectivity index (χ1v) is 15.3. The van der Waals surface area contributed by atoms with Crippen molar-refractivity contribution in [2.24, 2.45) is 0 Å². The minimum Gasteiger partial charge on any atom is -0.492 e. The molecule has 0 saturated heterocycles. The summed E-state index contributed by atoms with van der Waals surface area (Å²) in [5.74, 6) is 2.02. The molecule has 0 bridgehead atoms. The van der Waals surface area contributed by atoms with E-state index in [2.05, 4.69) is 43.4 Å². The Labute approximate surface area is 248 Å². The molecule has 1 atom stereocenters. The molecule has 0 radical (unpaired) electrons. The Hall–Kier alpha value is -3.49. The van der Waals surface area contributed by atoms with Crippen molar-refractivity contribution in [2.45, 2.75) is 51.4 Å². The molecule has 3 aromatic rings. The highest BCUT2D eigenvalue weighted by molar-refractivity contribution is 7.98. The van der Waals surface area contributed by atoms with E-state index in [9.17, 15) is 14.7 Å². The van der Waals surface area contributed by atoms with E-state index < -0.39 is 12.1 Å². The van der Waals surface area contributed by atoms with E-state index in [0.717, 1.165) is 29.2 Å². The van der Waals surface area contributed by atoms with Crippen molar-refractivity contribution in [3.05, 3.63) is 95.6 Å². The van der Waals surface area contributed by atoms with E-state index in [0.29, 0.717) is 38.0 Å². The van der Waals surface area contributed by atoms with Gasteiger partial charge in [-0.1, -0.05) is 68.4 Å². The molecule has 0 saturated carbocycles. The SMILES string of the molecule is CCOC(Cc1ccc(OCCN(CCCSCc2ccccc2)C(=O)Nc2ccc(C(C)C)cc2)cc1)C(=O)O. The lowest BCUT2D eigenvalue weighted by Crippen LogP contribution is -2.38. The van der Waals surface area contributed by atoms with Crippen molar-refractivity contribution < 1.29 is 24.2 Å². The van der Waals surface area contributed by atoms with Gasteiger partial charge >= 0.3 is 12.0 Å². The Morgan fingerprint density at radius 1 is 0.927 bits per heavy atom. The normalized spacial score (nSPS) is 11.7. The van der Waals surface area contributed by atoms with Gasteiger partial charge in [-0.15, -0.1) is 0 Å². The number of carboxylic acids is 1. The van der Waals surface area contributed by atoms with Crippen molar-refractivity contribution in [1.29, 1.82) is 0 Å². The summed E-state index contributed by atoms with van der Waals surface area (Å²) in [7, 11) is 0. The van der Waals surface area contributed by atoms with Gasteiger partial charge in [0.05, 0.1) is 6.54 Å². The number of thioether (sulfide) groups is 1. The Balaban J connectivity index is 1.53. The number of amides is 2. The maximum atomic E-state index is 13.2. The average molecular weight is 579 g/mol. The number of hydrogen-bond acceptors (Lipinski definition) is 5. The first-order chi connectivity index (χ1) is 19.9. The van der Waals surface area contributed by atoms with Crippen LogP contribution in [-0.2, 0) is 21.7 Å². The van der Waals surface area contributed by atoms with Crippen molar-refractivity contribution >= 4 is 29.4 Å². The number of rotatable bonds is 17. The van der Waals surface area contributed by atoms with Crippen molar-refractivity contribution in [3.8, 4) is 5.75 Å². The summed E-state index contributed by atoms with van der Waals surface area (Å²) in [4.78, 5) is 26.4. The third-order valence-electron chi connectivity index (χ3n) is 6.56. The first-order valence-electron chi connectivity index (χ1n) is 14.2. The number of aliphatic carboxylic acids is 1. The van der Waals surface area contributed by atoms with Crippen LogP contribution in [0.4, 0.5) is 10.5 Å². The summed E-state index contributed by atoms with van der Waals surface area (Å²) >= 11 is 1.86. The smallest absolute Gasteiger partial charge is 0.333 e. The molecule has 0 fully saturated rings. The van der Waals surface area contributed by atoms with E-state index in [4.69, 9.17) is 9.47 Å². The van der Waals surface area contributed by atoms with Gasteiger partial charge in [0.1, 0.15) is 12.4 Å². The van der Waals surface area contributed by atoms with E-state index in [1.165, 1.54) is 11.1 Å². The van der Waals surface area contributed by atoms with Crippen LogP contribution in [0.25, 0.3) is 0 Å². The first kappa shape index (κ1) is 32.0. The molecule has 2 amide bonds. The van der Waals surface area contributed by atoms with Crippen molar-refractivity contribution in [2.75, 3.05) is 37.4 Å². The fraction of sp³-hybridized carbons (Fsp3) is 0.394. The van der Waals surface area contributed by atoms with E-state index in [-0.39, 0.29) is 12.5 Å². The van der Waals surface area contributed by atoms with Gasteiger partial charge < -0.3 is 24.8 Å². The molecule has 7 nitrogen and oxygen atoms in total. The topological polar surface area (TPSA) is 88.1 Å². The van der Waals surface area contributed by atoms with Gasteiger partial charge in [0, 0.05) is 31.0 Å². The Kier molecular flexibility index (Phi) is 13.6. The number of benzene rings is 3. The molecule has 0 heterocycles. The van der Waals surface area contributed by atoms with Crippen LogP contribution in [0.1, 0.15) is 49.8 Å². The van der Waals surface area contributed by atoms with Crippen LogP contribution in [0, 0.1) is 0 Å². The van der Waals surface area contributed by atoms with Crippen LogP contribution >= 0.6 is 11.8 Å². The number of carbonyl (C=O) groups excluding carboxylic acids is 1. The highest BCUT2D eigenvalue weighted by Gasteiger charge is 2.18. The van der Waals surface area contributed by atoms with Gasteiger partial charge in [-0.3, -0.25) is 0 Å². The Bertz CT molecular complexity index is 1190. The predicted octanol–water partition coefficient (Wildman–Crippen LogP) is 7.08. The minimum atomic E-state index is -0.972. The average Bonchev–Trinajstić information content (AvgIpc) is 2.97. The molecule has 1 unspecified atom stereocenters. The molecule has 2 N–H and O–H groups in total. The zero-order valence-electron chi connectivity index (χ0n) is 24.3. The van der Waals surface area contributed by atoms with Gasteiger partial charge in [0.2, 0.25) is 0 Å². The zero-order chi connectivity index (χ0) is 29.5. The standard InChI is InChI=1S/C33H42N2O5S/c1-4-39-31(32(36)37)23-26-11-17-30(18-12-26)40-21-20-35(19-8-22-41-24-27-9-6-5-7-10-27)33(38)34-29-15-13-28(14-16-29)25(2)3/h5-7,9-18,25,31H,4,8,19-24H2,1-3H3,(H,34,38)(H,36,37). The zero-order valence-corrected chi connectivity index (χ0v) is 25.1. The third-order valence-corrected chi connectivity index (χ3v) is 7.68. The lowest BCUT2D eigenvalue weighted by Gasteiger charge is -2.23. The molecule has 8 heteroatoms. The van der Waals surface area contributed by atoms with Crippen LogP contribution in [0.15, 0.2) is 78.9 Å². The van der Waals surface area contributed by atoms with Crippen LogP contribution < -0.4 is 10.1 Å². The molecule has 0 spiro atoms. The van der Waals surface area contributed by atoms with Crippen LogP contribution in [-0.4, -0.2) is 60.2 Å². The lowest BCUT2D eigenvalue weighted by atomic mass is 10.0. The molecular weight excluding hydrogens is 536 g/mol. The van der Waals surface area contributed by atoms with Crippen molar-refractivity contribution in [3.63, 3.8) is 0 Å². The predicted molar refractivity (Wildman–Crippen MR) is 167 cm³/mol. The number of urea groups is 1. The molecule has 41 heavy (non-hydrogen) atoms. The summed E-state index contributed by atoms with van der Waals surface area (Å²) in [6.45, 7) is 7.81. The molecule has 0 aliphatic rings. The molecule has 0 aliphatic carbocycles. The van der Waals surface area contributed by atoms with Crippen LogP contribution in [0.2, 0.25) is 0 Å². The lowest BCUT2D eigenvalue weighted by molar-refractivity contribution is -0.149. The largest absolute Gasteiger partial charge is 0.492 e. The molecule has 0 aromatic heterocycles. The molecular formula is C33H42N2O5S. The maximum absolute atomic E-state index is 13.2. The number of hydrogen-bond donors (Lipinski definition) is 2. The van der Waals surface area contributed by atoms with E-state index in [1.807, 2.05) is 66.4 Å². The minimum absolute atomic E-state index is 0.148. The fourth-order valence-corrected chi connectivity index (χ4v) is 5.12. The number of nitrogens with one attached hydrogen (secondary N) is 1. The summed E-state index contributed by atoms with van der Waals surface area (Å²) in [6, 6.07) is 25.6. The number of carboxylic acid groups (broad SMARTS) is 1. The highest BCUT2D eigenvalue weighted by atomic mass is 32.2. The van der Waals surface area contributed by atoms with E-state index in [1.54, 1.807) is 11.8 Å². The molecule has 3 aromatic carbocycles. The summed E-state index contributed by atoms with van der Waals surface area (Å²) in [5.41, 5.74) is 4.15. The highest BCUT2D eigenvalue weighted by Crippen LogP contribution is 2.19.